The van der Waals surface area contributed by atoms with Crippen molar-refractivity contribution in [1.29, 1.82) is 0 Å². The molecule has 1 amide bonds. The van der Waals surface area contributed by atoms with Gasteiger partial charge in [0.15, 0.2) is 0 Å². The number of methoxy groups -OCH3 is 1. The van der Waals surface area contributed by atoms with E-state index in [0.29, 0.717) is 19.6 Å². The minimum absolute atomic E-state index is 0.235. The molecule has 0 radical (unpaired) electrons. The summed E-state index contributed by atoms with van der Waals surface area (Å²) >= 11 is 0. The molecule has 6 nitrogen and oxygen atoms in total. The van der Waals surface area contributed by atoms with Crippen molar-refractivity contribution < 1.29 is 14.1 Å². The van der Waals surface area contributed by atoms with E-state index in [1.165, 1.54) is 18.4 Å². The quantitative estimate of drug-likeness (QED) is 0.825. The van der Waals surface area contributed by atoms with Gasteiger partial charge in [0, 0.05) is 50.7 Å². The zero-order valence-electron chi connectivity index (χ0n) is 15.1. The summed E-state index contributed by atoms with van der Waals surface area (Å²) in [4.78, 5) is 16.7. The Balaban J connectivity index is 1.67. The van der Waals surface area contributed by atoms with E-state index in [9.17, 15) is 4.79 Å². The number of carbonyl (C=O) groups excluding carboxylic acids is 1. The first-order valence-electron chi connectivity index (χ1n) is 8.94. The summed E-state index contributed by atoms with van der Waals surface area (Å²) in [6, 6.07) is 0. The van der Waals surface area contributed by atoms with E-state index in [4.69, 9.17) is 9.26 Å². The summed E-state index contributed by atoms with van der Waals surface area (Å²) in [5.41, 5.74) is 2.45. The van der Waals surface area contributed by atoms with Gasteiger partial charge in [0.05, 0.1) is 12.3 Å². The molecule has 2 aliphatic heterocycles. The zero-order chi connectivity index (χ0) is 17.2. The summed E-state index contributed by atoms with van der Waals surface area (Å²) in [7, 11) is 1.69. The van der Waals surface area contributed by atoms with Crippen LogP contribution in [0.1, 0.15) is 42.7 Å². The smallest absolute Gasteiger partial charge is 0.222 e. The Kier molecular flexibility index (Phi) is 5.25. The molecule has 6 heteroatoms. The van der Waals surface area contributed by atoms with Crippen molar-refractivity contribution in [3.8, 4) is 0 Å². The normalized spacial score (nSPS) is 25.6. The number of aromatic nitrogens is 1. The van der Waals surface area contributed by atoms with Gasteiger partial charge in [0.25, 0.3) is 0 Å². The average Bonchev–Trinajstić information content (AvgIpc) is 2.88. The topological polar surface area (TPSA) is 58.8 Å². The molecule has 3 heterocycles. The van der Waals surface area contributed by atoms with Crippen molar-refractivity contribution in [3.05, 3.63) is 17.0 Å². The molecule has 0 aromatic carbocycles. The predicted molar refractivity (Wildman–Crippen MR) is 90.6 cm³/mol. The fourth-order valence-corrected chi connectivity index (χ4v) is 4.24. The number of amides is 1. The molecule has 1 aromatic rings. The number of hydrogen-bond acceptors (Lipinski definition) is 5. The van der Waals surface area contributed by atoms with Crippen LogP contribution in [0.2, 0.25) is 0 Å². The molecule has 24 heavy (non-hydrogen) atoms. The van der Waals surface area contributed by atoms with Gasteiger partial charge in [-0.2, -0.15) is 0 Å². The van der Waals surface area contributed by atoms with Crippen LogP contribution in [0.3, 0.4) is 0 Å². The van der Waals surface area contributed by atoms with Crippen LogP contribution >= 0.6 is 0 Å². The highest BCUT2D eigenvalue weighted by Crippen LogP contribution is 2.39. The molecule has 1 aromatic heterocycles. The number of piperidine rings is 2. The first-order chi connectivity index (χ1) is 11.5. The van der Waals surface area contributed by atoms with E-state index < -0.39 is 0 Å². The number of hydrogen-bond donors (Lipinski definition) is 0. The molecular formula is C18H29N3O3. The van der Waals surface area contributed by atoms with Crippen molar-refractivity contribution in [3.63, 3.8) is 0 Å². The van der Waals surface area contributed by atoms with Crippen molar-refractivity contribution in [2.24, 2.45) is 5.41 Å². The van der Waals surface area contributed by atoms with Gasteiger partial charge >= 0.3 is 0 Å². The highest BCUT2D eigenvalue weighted by molar-refractivity contribution is 5.77. The van der Waals surface area contributed by atoms with Gasteiger partial charge in [-0.15, -0.1) is 0 Å². The maximum Gasteiger partial charge on any atom is 0.222 e. The van der Waals surface area contributed by atoms with Gasteiger partial charge < -0.3 is 14.2 Å². The van der Waals surface area contributed by atoms with E-state index in [1.807, 2.05) is 18.7 Å². The first-order valence-corrected chi connectivity index (χ1v) is 8.94. The minimum Gasteiger partial charge on any atom is -0.383 e. The molecule has 2 fully saturated rings. The maximum absolute atomic E-state index is 12.2. The van der Waals surface area contributed by atoms with Crippen molar-refractivity contribution in [2.75, 3.05) is 39.9 Å². The Morgan fingerprint density at radius 1 is 1.29 bits per heavy atom. The summed E-state index contributed by atoms with van der Waals surface area (Å²) in [5, 5.41) is 4.07. The van der Waals surface area contributed by atoms with Crippen LogP contribution in [0.15, 0.2) is 4.52 Å². The Bertz CT molecular complexity index is 567. The standard InChI is InChI=1S/C18H29N3O3/c1-14-16(15(2)24-19-14)11-20-8-4-6-18(12-20)7-5-17(22)21(13-18)9-10-23-3/h4-13H2,1-3H3/t18-/m0/s1. The Morgan fingerprint density at radius 2 is 2.12 bits per heavy atom. The molecule has 0 aliphatic carbocycles. The second-order valence-electron chi connectivity index (χ2n) is 7.43. The van der Waals surface area contributed by atoms with Crippen molar-refractivity contribution in [2.45, 2.75) is 46.1 Å². The first kappa shape index (κ1) is 17.4. The molecule has 2 saturated heterocycles. The fraction of sp³-hybridized carbons (Fsp3) is 0.778. The van der Waals surface area contributed by atoms with Crippen LogP contribution in [0, 0.1) is 19.3 Å². The average molecular weight is 335 g/mol. The second-order valence-corrected chi connectivity index (χ2v) is 7.43. The molecule has 1 atom stereocenters. The molecule has 0 N–H and O–H groups in total. The summed E-state index contributed by atoms with van der Waals surface area (Å²) in [6.45, 7) is 9.25. The molecule has 3 rings (SSSR count). The van der Waals surface area contributed by atoms with Gasteiger partial charge in [0.2, 0.25) is 5.91 Å². The lowest BCUT2D eigenvalue weighted by molar-refractivity contribution is -0.140. The van der Waals surface area contributed by atoms with Crippen molar-refractivity contribution >= 4 is 5.91 Å². The predicted octanol–water partition coefficient (Wildman–Crippen LogP) is 2.14. The van der Waals surface area contributed by atoms with Gasteiger partial charge in [-0.1, -0.05) is 5.16 Å². The number of ether oxygens (including phenoxy) is 1. The van der Waals surface area contributed by atoms with E-state index in [2.05, 4.69) is 10.1 Å². The third kappa shape index (κ3) is 3.64. The minimum atomic E-state index is 0.235. The number of nitrogens with zero attached hydrogens (tertiary/aromatic N) is 3. The molecule has 0 bridgehead atoms. The van der Waals surface area contributed by atoms with E-state index in [1.54, 1.807) is 7.11 Å². The number of carbonyl (C=O) groups is 1. The highest BCUT2D eigenvalue weighted by Gasteiger charge is 2.41. The van der Waals surface area contributed by atoms with Crippen LogP contribution in [0.25, 0.3) is 0 Å². The lowest BCUT2D eigenvalue weighted by atomic mass is 9.73. The number of likely N-dealkylation sites (tertiary alicyclic amines) is 2. The molecule has 134 valence electrons. The zero-order valence-corrected chi connectivity index (χ0v) is 15.1. The van der Waals surface area contributed by atoms with Crippen LogP contribution < -0.4 is 0 Å². The molecule has 2 aliphatic rings. The summed E-state index contributed by atoms with van der Waals surface area (Å²) in [5.74, 6) is 1.20. The lowest BCUT2D eigenvalue weighted by Crippen LogP contribution is -2.54. The van der Waals surface area contributed by atoms with Gasteiger partial charge in [-0.25, -0.2) is 0 Å². The fourth-order valence-electron chi connectivity index (χ4n) is 4.24. The third-order valence-corrected chi connectivity index (χ3v) is 5.62. The molecular weight excluding hydrogens is 306 g/mol. The largest absolute Gasteiger partial charge is 0.383 e. The molecule has 1 spiro atoms. The van der Waals surface area contributed by atoms with Gasteiger partial charge in [0.1, 0.15) is 5.76 Å². The molecule has 0 saturated carbocycles. The second kappa shape index (κ2) is 7.23. The van der Waals surface area contributed by atoms with Crippen LogP contribution in [-0.4, -0.2) is 60.8 Å². The number of rotatable bonds is 5. The SMILES string of the molecule is COCCN1C[C@@]2(CCCN(Cc3c(C)noc3C)C2)CCC1=O. The van der Waals surface area contributed by atoms with E-state index in [0.717, 1.165) is 44.1 Å². The Labute approximate surface area is 144 Å². The number of aryl methyl sites for hydroxylation is 2. The van der Waals surface area contributed by atoms with Crippen LogP contribution in [0.4, 0.5) is 0 Å². The molecule has 0 unspecified atom stereocenters. The van der Waals surface area contributed by atoms with Gasteiger partial charge in [-0.05, 0) is 39.7 Å². The lowest BCUT2D eigenvalue weighted by Gasteiger charge is -2.48. The third-order valence-electron chi connectivity index (χ3n) is 5.62. The van der Waals surface area contributed by atoms with E-state index in [-0.39, 0.29) is 11.3 Å². The summed E-state index contributed by atoms with van der Waals surface area (Å²) in [6.07, 6.45) is 4.08. The highest BCUT2D eigenvalue weighted by atomic mass is 16.5. The Hall–Kier alpha value is -1.40. The van der Waals surface area contributed by atoms with Crippen molar-refractivity contribution in [1.82, 2.24) is 15.0 Å². The summed E-state index contributed by atoms with van der Waals surface area (Å²) < 4.78 is 10.5. The van der Waals surface area contributed by atoms with E-state index >= 15 is 0 Å². The monoisotopic (exact) mass is 335 g/mol. The van der Waals surface area contributed by atoms with Gasteiger partial charge in [-0.3, -0.25) is 9.69 Å². The maximum atomic E-state index is 12.2. The van der Waals surface area contributed by atoms with Crippen LogP contribution in [-0.2, 0) is 16.1 Å². The Morgan fingerprint density at radius 3 is 2.83 bits per heavy atom. The van der Waals surface area contributed by atoms with Crippen LogP contribution in [0.5, 0.6) is 0 Å².